The maximum absolute atomic E-state index is 13.5. The number of ether oxygens (including phenoxy) is 4. The number of β-lactam (4-membered cyclic amide) rings is 1. The van der Waals surface area contributed by atoms with E-state index in [1.807, 2.05) is 0 Å². The predicted molar refractivity (Wildman–Crippen MR) is 169 cm³/mol. The smallest absolute Gasteiger partial charge is 0.455 e. The summed E-state index contributed by atoms with van der Waals surface area (Å²) in [6, 6.07) is 6.19. The molecule has 0 aliphatic carbocycles. The van der Waals surface area contributed by atoms with Gasteiger partial charge in [-0.25, -0.2) is 14.4 Å². The number of benzene rings is 1. The average Bonchev–Trinajstić information content (AvgIpc) is 2.90. The molecule has 2 heterocycles. The second-order valence-electron chi connectivity index (χ2n) is 11.9. The number of rotatable bonds is 8. The van der Waals surface area contributed by atoms with Crippen LogP contribution in [0.2, 0.25) is 0 Å². The fourth-order valence-corrected chi connectivity index (χ4v) is 5.58. The lowest BCUT2D eigenvalue weighted by Crippen LogP contribution is -2.71. The molecule has 0 bridgehead atoms. The summed E-state index contributed by atoms with van der Waals surface area (Å²) in [5.74, 6) is -2.03. The summed E-state index contributed by atoms with van der Waals surface area (Å²) in [5.41, 5.74) is -2.87. The number of nitrogens with zero attached hydrogens (tertiary/aromatic N) is 1. The van der Waals surface area contributed by atoms with Crippen LogP contribution in [0.15, 0.2) is 41.6 Å². The van der Waals surface area contributed by atoms with E-state index in [2.05, 4.69) is 10.6 Å². The molecule has 1 aromatic carbocycles. The number of carbonyl (C=O) groups excluding carboxylic acids is 5. The third-order valence-corrected chi connectivity index (χ3v) is 8.50. The first kappa shape index (κ1) is 36.9. The van der Waals surface area contributed by atoms with Crippen molar-refractivity contribution in [2.45, 2.75) is 79.6 Å². The highest BCUT2D eigenvalue weighted by Gasteiger charge is 2.55. The third kappa shape index (κ3) is 10.2. The van der Waals surface area contributed by atoms with Gasteiger partial charge >= 0.3 is 18.2 Å². The molecule has 12 nitrogen and oxygen atoms in total. The Balaban J connectivity index is 1.81. The molecular weight excluding hydrogens is 696 g/mol. The van der Waals surface area contributed by atoms with Crippen molar-refractivity contribution in [2.75, 3.05) is 12.4 Å². The zero-order valence-electron chi connectivity index (χ0n) is 25.2. The largest absolute Gasteiger partial charge is 0.510 e. The Hall–Kier alpha value is -2.58. The number of fused-ring (bicyclic) bond motifs is 1. The van der Waals surface area contributed by atoms with Crippen molar-refractivity contribution < 1.29 is 42.9 Å². The second-order valence-corrected chi connectivity index (χ2v) is 15.7. The first-order valence-corrected chi connectivity index (χ1v) is 16.1. The first-order chi connectivity index (χ1) is 20.7. The van der Waals surface area contributed by atoms with Crippen LogP contribution in [-0.2, 0) is 33.3 Å². The molecule has 0 saturated carbocycles. The topological polar surface area (TPSA) is 150 Å². The molecule has 0 spiro atoms. The number of carbonyl (C=O) groups is 5. The van der Waals surface area contributed by atoms with E-state index < -0.39 is 74.7 Å². The summed E-state index contributed by atoms with van der Waals surface area (Å²) in [7, 11) is 0. The van der Waals surface area contributed by atoms with E-state index in [0.29, 0.717) is 5.56 Å². The van der Waals surface area contributed by atoms with Crippen LogP contribution in [0, 0.1) is 0 Å². The van der Waals surface area contributed by atoms with E-state index in [-0.39, 0.29) is 17.0 Å². The predicted octanol–water partition coefficient (Wildman–Crippen LogP) is 5.34. The van der Waals surface area contributed by atoms with Gasteiger partial charge in [0.15, 0.2) is 0 Å². The lowest BCUT2D eigenvalue weighted by atomic mass is 10.0. The van der Waals surface area contributed by atoms with Crippen LogP contribution >= 0.6 is 58.2 Å². The van der Waals surface area contributed by atoms with Crippen molar-refractivity contribution in [3.63, 3.8) is 0 Å². The van der Waals surface area contributed by atoms with Crippen molar-refractivity contribution in [1.82, 2.24) is 15.5 Å². The number of alkyl halides is 4. The fourth-order valence-electron chi connectivity index (χ4n) is 4.05. The van der Waals surface area contributed by atoms with E-state index in [4.69, 9.17) is 65.4 Å². The number of halogens is 4. The number of alkyl carbamates (subject to hydrolysis) is 1. The van der Waals surface area contributed by atoms with Crippen LogP contribution in [0.5, 0.6) is 0 Å². The van der Waals surface area contributed by atoms with Gasteiger partial charge in [-0.3, -0.25) is 14.5 Å². The van der Waals surface area contributed by atoms with Gasteiger partial charge in [0.1, 0.15) is 41.0 Å². The van der Waals surface area contributed by atoms with Crippen molar-refractivity contribution in [3.8, 4) is 0 Å². The minimum Gasteiger partial charge on any atom is -0.455 e. The highest BCUT2D eigenvalue weighted by molar-refractivity contribution is 8.00. The molecule has 1 fully saturated rings. The van der Waals surface area contributed by atoms with Gasteiger partial charge in [-0.1, -0.05) is 76.7 Å². The van der Waals surface area contributed by atoms with Crippen LogP contribution in [0.1, 0.15) is 53.1 Å². The molecule has 1 saturated heterocycles. The second kappa shape index (κ2) is 14.5. The van der Waals surface area contributed by atoms with Crippen LogP contribution in [-0.4, -0.2) is 79.3 Å². The Labute approximate surface area is 284 Å². The summed E-state index contributed by atoms with van der Waals surface area (Å²) >= 11 is 23.8. The van der Waals surface area contributed by atoms with Gasteiger partial charge in [0.2, 0.25) is 15.3 Å². The van der Waals surface area contributed by atoms with E-state index in [0.717, 1.165) is 0 Å². The van der Waals surface area contributed by atoms with E-state index in [9.17, 15) is 24.0 Å². The van der Waals surface area contributed by atoms with Crippen LogP contribution in [0.25, 0.3) is 0 Å². The molecule has 2 aliphatic heterocycles. The van der Waals surface area contributed by atoms with Crippen LogP contribution in [0.3, 0.4) is 0 Å². The van der Waals surface area contributed by atoms with Gasteiger partial charge in [0.05, 0.1) is 0 Å². The number of nitrogens with one attached hydrogen (secondary N) is 2. The Kier molecular flexibility index (Phi) is 11.8. The summed E-state index contributed by atoms with van der Waals surface area (Å²) < 4.78 is 18.5. The van der Waals surface area contributed by atoms with Crippen LogP contribution in [0.4, 0.5) is 9.59 Å². The van der Waals surface area contributed by atoms with Crippen molar-refractivity contribution in [1.29, 1.82) is 0 Å². The molecule has 2 aliphatic rings. The van der Waals surface area contributed by atoms with Crippen molar-refractivity contribution in [3.05, 3.63) is 47.2 Å². The number of hydrogen-bond donors (Lipinski definition) is 2. The van der Waals surface area contributed by atoms with Crippen molar-refractivity contribution in [2.24, 2.45) is 0 Å². The zero-order chi connectivity index (χ0) is 33.9. The fraction of sp³-hybridized carbons (Fsp3) is 0.536. The Morgan fingerprint density at radius 3 is 2.16 bits per heavy atom. The first-order valence-electron chi connectivity index (χ1n) is 13.5. The Morgan fingerprint density at radius 2 is 1.60 bits per heavy atom. The standard InChI is InChI=1S/C28H33Cl4N3O9S/c1-26(2,3)43-22(38)18-15(12-41-25(40)42-23(29)28(30,31)32)13-45-21-17(20(37)35(18)21)33-19(36)16(14-10-8-7-9-11-14)34-24(39)44-27(4,5)6/h7-11,16-17,21,23H,12-13H2,1-6H3,(H,33,36)(H,34,39)/t16?,17-,21-,23?/m1/s1. The average molecular weight is 729 g/mol. The van der Waals surface area contributed by atoms with Crippen molar-refractivity contribution >= 4 is 88.2 Å². The molecule has 17 heteroatoms. The molecular formula is C28H33Cl4N3O9S. The number of amides is 3. The summed E-state index contributed by atoms with van der Waals surface area (Å²) in [6.07, 6.45) is -2.11. The Bertz CT molecular complexity index is 1340. The quantitative estimate of drug-likeness (QED) is 0.156. The number of hydrogen-bond acceptors (Lipinski definition) is 10. The molecule has 45 heavy (non-hydrogen) atoms. The number of thioether (sulfide) groups is 1. The minimum absolute atomic E-state index is 0.107. The van der Waals surface area contributed by atoms with E-state index in [1.165, 1.54) is 16.7 Å². The lowest BCUT2D eigenvalue weighted by Gasteiger charge is -2.50. The molecule has 248 valence electrons. The summed E-state index contributed by atoms with van der Waals surface area (Å²) in [6.45, 7) is 9.51. The normalized spacial score (nSPS) is 19.8. The monoisotopic (exact) mass is 727 g/mol. The molecule has 4 atom stereocenters. The zero-order valence-corrected chi connectivity index (χ0v) is 29.0. The molecule has 2 N–H and O–H groups in total. The van der Waals surface area contributed by atoms with Gasteiger partial charge < -0.3 is 29.6 Å². The van der Waals surface area contributed by atoms with E-state index >= 15 is 0 Å². The highest BCUT2D eigenvalue weighted by atomic mass is 35.6. The molecule has 3 rings (SSSR count). The highest BCUT2D eigenvalue weighted by Crippen LogP contribution is 2.41. The van der Waals surface area contributed by atoms with Gasteiger partial charge in [0, 0.05) is 11.3 Å². The summed E-state index contributed by atoms with van der Waals surface area (Å²) in [4.78, 5) is 66.2. The lowest BCUT2D eigenvalue weighted by molar-refractivity contribution is -0.159. The molecule has 0 aromatic heterocycles. The SMILES string of the molecule is CC(C)(C)OC(=O)NC(C(=O)N[C@@H]1C(=O)N2C(C(=O)OC(C)(C)C)=C(COC(=O)OC(Cl)C(Cl)(Cl)Cl)CS[C@H]12)c1ccccc1. The molecule has 0 radical (unpaired) electrons. The van der Waals surface area contributed by atoms with Gasteiger partial charge in [0.25, 0.3) is 5.91 Å². The minimum atomic E-state index is -2.12. The molecule has 3 amide bonds. The van der Waals surface area contributed by atoms with Gasteiger partial charge in [-0.15, -0.1) is 11.8 Å². The van der Waals surface area contributed by atoms with Gasteiger partial charge in [-0.05, 0) is 47.1 Å². The van der Waals surface area contributed by atoms with Gasteiger partial charge in [-0.2, -0.15) is 0 Å². The molecule has 2 unspecified atom stereocenters. The van der Waals surface area contributed by atoms with E-state index in [1.54, 1.807) is 71.9 Å². The maximum Gasteiger partial charge on any atom is 0.510 e. The third-order valence-electron chi connectivity index (χ3n) is 5.81. The summed E-state index contributed by atoms with van der Waals surface area (Å²) in [5, 5.41) is 4.53. The maximum atomic E-state index is 13.5. The molecule has 1 aromatic rings. The number of esters is 1. The van der Waals surface area contributed by atoms with Crippen LogP contribution < -0.4 is 10.6 Å². The Morgan fingerprint density at radius 1 is 1.00 bits per heavy atom.